The Balaban J connectivity index is 2.47. The first kappa shape index (κ1) is 13.4. The molecular formula is C14H17N3O2. The number of hydrogen-bond donors (Lipinski definition) is 2. The Kier molecular flexibility index (Phi) is 3.72. The van der Waals surface area contributed by atoms with E-state index in [1.54, 1.807) is 25.1 Å². The fraction of sp³-hybridized carbons (Fsp3) is 0.429. The Labute approximate surface area is 112 Å². The lowest BCUT2D eigenvalue weighted by Crippen LogP contribution is -2.40. The van der Waals surface area contributed by atoms with Crippen LogP contribution in [0.5, 0.6) is 0 Å². The van der Waals surface area contributed by atoms with Crippen molar-refractivity contribution in [3.8, 4) is 6.07 Å². The molecule has 5 heteroatoms. The van der Waals surface area contributed by atoms with Crippen LogP contribution in [-0.2, 0) is 4.79 Å². The van der Waals surface area contributed by atoms with Crippen LogP contribution in [0.3, 0.4) is 0 Å². The zero-order valence-corrected chi connectivity index (χ0v) is 10.8. The van der Waals surface area contributed by atoms with E-state index in [2.05, 4.69) is 6.07 Å². The van der Waals surface area contributed by atoms with Gasteiger partial charge in [-0.3, -0.25) is 4.79 Å². The molecule has 0 saturated carbocycles. The highest BCUT2D eigenvalue weighted by Crippen LogP contribution is 2.32. The second kappa shape index (κ2) is 5.29. The lowest BCUT2D eigenvalue weighted by Gasteiger charge is -2.27. The molecule has 2 rings (SSSR count). The number of carbonyl (C=O) groups is 1. The molecule has 0 aromatic heterocycles. The lowest BCUT2D eigenvalue weighted by molar-refractivity contribution is -0.119. The summed E-state index contributed by atoms with van der Waals surface area (Å²) >= 11 is 0. The Morgan fingerprint density at radius 3 is 2.95 bits per heavy atom. The molecule has 1 aliphatic rings. The van der Waals surface area contributed by atoms with Gasteiger partial charge in [0.2, 0.25) is 5.91 Å². The largest absolute Gasteiger partial charge is 0.389 e. The smallest absolute Gasteiger partial charge is 0.240 e. The molecule has 1 amide bonds. The van der Waals surface area contributed by atoms with Crippen LogP contribution < -0.4 is 10.6 Å². The number of carbonyl (C=O) groups excluding carboxylic acids is 1. The summed E-state index contributed by atoms with van der Waals surface area (Å²) in [5, 5.41) is 18.8. The Morgan fingerprint density at radius 2 is 2.37 bits per heavy atom. The summed E-state index contributed by atoms with van der Waals surface area (Å²) in [5.74, 6) is -0.364. The average Bonchev–Trinajstić information content (AvgIpc) is 2.87. The van der Waals surface area contributed by atoms with E-state index in [0.717, 1.165) is 12.1 Å². The van der Waals surface area contributed by atoms with Crippen molar-refractivity contribution in [2.24, 2.45) is 5.73 Å². The van der Waals surface area contributed by atoms with Crippen LogP contribution >= 0.6 is 0 Å². The number of nitriles is 1. The van der Waals surface area contributed by atoms with Crippen molar-refractivity contribution >= 4 is 11.6 Å². The highest BCUT2D eigenvalue weighted by molar-refractivity contribution is 5.84. The fourth-order valence-corrected chi connectivity index (χ4v) is 2.57. The van der Waals surface area contributed by atoms with Gasteiger partial charge in [0.1, 0.15) is 6.04 Å². The van der Waals surface area contributed by atoms with Crippen molar-refractivity contribution in [1.29, 1.82) is 5.26 Å². The summed E-state index contributed by atoms with van der Waals surface area (Å²) in [6.07, 6.45) is 0.937. The number of amides is 1. The number of primary amides is 1. The minimum Gasteiger partial charge on any atom is -0.389 e. The van der Waals surface area contributed by atoms with Crippen LogP contribution in [0.4, 0.5) is 5.69 Å². The van der Waals surface area contributed by atoms with Gasteiger partial charge in [-0.15, -0.1) is 0 Å². The van der Waals surface area contributed by atoms with Gasteiger partial charge in [-0.2, -0.15) is 5.26 Å². The third-order valence-electron chi connectivity index (χ3n) is 3.50. The lowest BCUT2D eigenvalue weighted by atomic mass is 10.0. The first-order chi connectivity index (χ1) is 9.04. The molecule has 0 aliphatic carbocycles. The molecule has 1 aliphatic heterocycles. The monoisotopic (exact) mass is 259 g/mol. The average molecular weight is 259 g/mol. The molecular weight excluding hydrogens is 242 g/mol. The fourth-order valence-electron chi connectivity index (χ4n) is 2.57. The zero-order valence-electron chi connectivity index (χ0n) is 10.8. The topological polar surface area (TPSA) is 90.3 Å². The second-order valence-electron chi connectivity index (χ2n) is 4.82. The summed E-state index contributed by atoms with van der Waals surface area (Å²) in [6, 6.07) is 6.83. The summed E-state index contributed by atoms with van der Waals surface area (Å²) in [4.78, 5) is 13.4. The molecule has 5 nitrogen and oxygen atoms in total. The maximum atomic E-state index is 11.5. The van der Waals surface area contributed by atoms with Gasteiger partial charge in [-0.05, 0) is 31.9 Å². The molecule has 2 atom stereocenters. The minimum absolute atomic E-state index is 0.355. The number of rotatable bonds is 3. The molecule has 1 unspecified atom stereocenters. The van der Waals surface area contributed by atoms with E-state index >= 15 is 0 Å². The molecule has 1 saturated heterocycles. The zero-order chi connectivity index (χ0) is 14.0. The third-order valence-corrected chi connectivity index (χ3v) is 3.50. The number of aliphatic hydroxyl groups is 1. The molecule has 0 radical (unpaired) electrons. The SMILES string of the molecule is C[C@@H](O)c1ccc(C#N)cc1N1CCCC1C(N)=O. The summed E-state index contributed by atoms with van der Waals surface area (Å²) in [5.41, 5.74) is 7.37. The maximum absolute atomic E-state index is 11.5. The molecule has 1 aromatic rings. The van der Waals surface area contributed by atoms with Crippen LogP contribution in [0.1, 0.15) is 37.0 Å². The van der Waals surface area contributed by atoms with Crippen LogP contribution in [0, 0.1) is 11.3 Å². The van der Waals surface area contributed by atoms with Gasteiger partial charge in [0, 0.05) is 17.8 Å². The van der Waals surface area contributed by atoms with Crippen molar-refractivity contribution in [3.63, 3.8) is 0 Å². The highest BCUT2D eigenvalue weighted by Gasteiger charge is 2.31. The van der Waals surface area contributed by atoms with Crippen LogP contribution in [0.25, 0.3) is 0 Å². The minimum atomic E-state index is -0.656. The van der Waals surface area contributed by atoms with Gasteiger partial charge in [-0.25, -0.2) is 0 Å². The predicted octanol–water partition coefficient (Wildman–Crippen LogP) is 1.07. The third kappa shape index (κ3) is 2.54. The van der Waals surface area contributed by atoms with Gasteiger partial charge in [0.25, 0.3) is 0 Å². The van der Waals surface area contributed by atoms with Crippen molar-refractivity contribution in [3.05, 3.63) is 29.3 Å². The second-order valence-corrected chi connectivity index (χ2v) is 4.82. The first-order valence-electron chi connectivity index (χ1n) is 6.32. The standard InChI is InChI=1S/C14H17N3O2/c1-9(18)11-5-4-10(8-15)7-13(11)17-6-2-3-12(17)14(16)19/h4-5,7,9,12,18H,2-3,6H2,1H3,(H2,16,19)/t9-,12?/m1/s1. The predicted molar refractivity (Wildman–Crippen MR) is 71.4 cm³/mol. The van der Waals surface area contributed by atoms with Gasteiger partial charge >= 0.3 is 0 Å². The number of benzene rings is 1. The van der Waals surface area contributed by atoms with Crippen molar-refractivity contribution in [2.45, 2.75) is 31.9 Å². The van der Waals surface area contributed by atoms with Gasteiger partial charge in [0.05, 0.1) is 17.7 Å². The Hall–Kier alpha value is -2.06. The van der Waals surface area contributed by atoms with E-state index in [1.807, 2.05) is 4.90 Å². The van der Waals surface area contributed by atoms with E-state index in [0.29, 0.717) is 24.1 Å². The van der Waals surface area contributed by atoms with E-state index in [1.165, 1.54) is 0 Å². The summed E-state index contributed by atoms with van der Waals surface area (Å²) < 4.78 is 0. The van der Waals surface area contributed by atoms with Gasteiger partial charge in [0.15, 0.2) is 0 Å². The van der Waals surface area contributed by atoms with E-state index in [4.69, 9.17) is 11.0 Å². The number of anilines is 1. The highest BCUT2D eigenvalue weighted by atomic mass is 16.3. The van der Waals surface area contributed by atoms with E-state index in [9.17, 15) is 9.90 Å². The van der Waals surface area contributed by atoms with Crippen molar-refractivity contribution in [2.75, 3.05) is 11.4 Å². The molecule has 19 heavy (non-hydrogen) atoms. The summed E-state index contributed by atoms with van der Waals surface area (Å²) in [6.45, 7) is 2.38. The quantitative estimate of drug-likeness (QED) is 0.849. The maximum Gasteiger partial charge on any atom is 0.240 e. The van der Waals surface area contributed by atoms with Crippen LogP contribution in [-0.4, -0.2) is 23.6 Å². The normalized spacial score (nSPS) is 20.1. The molecule has 3 N–H and O–H groups in total. The van der Waals surface area contributed by atoms with Gasteiger partial charge < -0.3 is 15.7 Å². The number of hydrogen-bond acceptors (Lipinski definition) is 4. The molecule has 1 heterocycles. The van der Waals surface area contributed by atoms with Crippen LogP contribution in [0.2, 0.25) is 0 Å². The number of nitrogens with two attached hydrogens (primary N) is 1. The molecule has 0 bridgehead atoms. The molecule has 100 valence electrons. The Morgan fingerprint density at radius 1 is 1.63 bits per heavy atom. The number of nitrogens with zero attached hydrogens (tertiary/aromatic N) is 2. The molecule has 1 aromatic carbocycles. The molecule has 1 fully saturated rings. The van der Waals surface area contributed by atoms with Crippen molar-refractivity contribution in [1.82, 2.24) is 0 Å². The summed E-state index contributed by atoms with van der Waals surface area (Å²) in [7, 11) is 0. The van der Waals surface area contributed by atoms with E-state index in [-0.39, 0.29) is 11.9 Å². The first-order valence-corrected chi connectivity index (χ1v) is 6.32. The molecule has 0 spiro atoms. The van der Waals surface area contributed by atoms with Crippen LogP contribution in [0.15, 0.2) is 18.2 Å². The Bertz CT molecular complexity index is 534. The van der Waals surface area contributed by atoms with E-state index < -0.39 is 6.10 Å². The number of aliphatic hydroxyl groups excluding tert-OH is 1. The van der Waals surface area contributed by atoms with Crippen molar-refractivity contribution < 1.29 is 9.90 Å². The van der Waals surface area contributed by atoms with Gasteiger partial charge in [-0.1, -0.05) is 6.07 Å².